The third kappa shape index (κ3) is 1.31. The normalized spacial score (nSPS) is 23.5. The van der Waals surface area contributed by atoms with Gasteiger partial charge in [-0.3, -0.25) is 0 Å². The Bertz CT molecular complexity index is 274. The number of halogens is 1. The van der Waals surface area contributed by atoms with Crippen molar-refractivity contribution in [2.75, 3.05) is 11.4 Å². The van der Waals surface area contributed by atoms with Gasteiger partial charge in [-0.15, -0.1) is 0 Å². The van der Waals surface area contributed by atoms with E-state index in [-0.39, 0.29) is 0 Å². The monoisotopic (exact) mass is 186 g/mol. The molecular formula is C8H11FN2S. The van der Waals surface area contributed by atoms with Gasteiger partial charge < -0.3 is 4.90 Å². The maximum atomic E-state index is 13.2. The first-order valence-corrected chi connectivity index (χ1v) is 4.89. The molecule has 1 aromatic rings. The summed E-state index contributed by atoms with van der Waals surface area (Å²) in [4.78, 5) is 1.80. The molecule has 0 N–H and O–H groups in total. The van der Waals surface area contributed by atoms with Crippen molar-refractivity contribution < 1.29 is 4.39 Å². The first-order chi connectivity index (χ1) is 5.77. The zero-order valence-corrected chi connectivity index (χ0v) is 7.77. The van der Waals surface area contributed by atoms with E-state index in [1.807, 2.05) is 13.0 Å². The average molecular weight is 186 g/mol. The van der Waals surface area contributed by atoms with Gasteiger partial charge in [-0.25, -0.2) is 4.39 Å². The van der Waals surface area contributed by atoms with E-state index in [0.29, 0.717) is 6.42 Å². The molecule has 1 atom stereocenters. The number of anilines is 1. The first kappa shape index (κ1) is 7.98. The Balaban J connectivity index is 2.19. The van der Waals surface area contributed by atoms with E-state index in [1.165, 1.54) is 11.5 Å². The van der Waals surface area contributed by atoms with Crippen LogP contribution in [-0.4, -0.2) is 17.2 Å². The van der Waals surface area contributed by atoms with Gasteiger partial charge in [0.25, 0.3) is 0 Å². The van der Waals surface area contributed by atoms with E-state index in [2.05, 4.69) is 4.37 Å². The van der Waals surface area contributed by atoms with Crippen LogP contribution >= 0.6 is 11.5 Å². The molecule has 0 aliphatic carbocycles. The number of aryl methyl sites for hydroxylation is 1. The third-order valence-electron chi connectivity index (χ3n) is 2.08. The van der Waals surface area contributed by atoms with E-state index < -0.39 is 6.30 Å². The molecule has 0 radical (unpaired) electrons. The minimum absolute atomic E-state index is 0.664. The molecule has 0 amide bonds. The van der Waals surface area contributed by atoms with Crippen LogP contribution in [0.2, 0.25) is 0 Å². The summed E-state index contributed by atoms with van der Waals surface area (Å²) in [6.07, 6.45) is 0.833. The van der Waals surface area contributed by atoms with E-state index in [0.717, 1.165) is 23.7 Å². The quantitative estimate of drug-likeness (QED) is 0.626. The zero-order valence-electron chi connectivity index (χ0n) is 6.96. The Morgan fingerprint density at radius 3 is 3.08 bits per heavy atom. The van der Waals surface area contributed by atoms with Crippen molar-refractivity contribution >= 4 is 16.5 Å². The molecule has 66 valence electrons. The van der Waals surface area contributed by atoms with E-state index in [4.69, 9.17) is 0 Å². The highest BCUT2D eigenvalue weighted by Crippen LogP contribution is 2.29. The highest BCUT2D eigenvalue weighted by Gasteiger charge is 2.25. The van der Waals surface area contributed by atoms with E-state index in [1.54, 1.807) is 4.90 Å². The molecule has 2 heterocycles. The summed E-state index contributed by atoms with van der Waals surface area (Å²) < 4.78 is 17.3. The maximum absolute atomic E-state index is 13.2. The van der Waals surface area contributed by atoms with Gasteiger partial charge in [0.15, 0.2) is 6.30 Å². The zero-order chi connectivity index (χ0) is 8.55. The van der Waals surface area contributed by atoms with Crippen molar-refractivity contribution in [1.29, 1.82) is 0 Å². The highest BCUT2D eigenvalue weighted by molar-refractivity contribution is 7.10. The summed E-state index contributed by atoms with van der Waals surface area (Å²) >= 11 is 1.39. The van der Waals surface area contributed by atoms with Gasteiger partial charge in [0.2, 0.25) is 0 Å². The van der Waals surface area contributed by atoms with Crippen molar-refractivity contribution in [2.45, 2.75) is 26.1 Å². The van der Waals surface area contributed by atoms with Gasteiger partial charge in [0.1, 0.15) is 5.00 Å². The lowest BCUT2D eigenvalue weighted by atomic mass is 10.4. The maximum Gasteiger partial charge on any atom is 0.173 e. The summed E-state index contributed by atoms with van der Waals surface area (Å²) in [6.45, 7) is 2.77. The summed E-state index contributed by atoms with van der Waals surface area (Å²) in [6, 6.07) is 1.95. The third-order valence-corrected chi connectivity index (χ3v) is 3.00. The van der Waals surface area contributed by atoms with Gasteiger partial charge in [0.05, 0.1) is 5.69 Å². The molecule has 0 saturated carbocycles. The Hall–Kier alpha value is -0.640. The summed E-state index contributed by atoms with van der Waals surface area (Å²) in [5.41, 5.74) is 0.981. The first-order valence-electron chi connectivity index (χ1n) is 4.11. The molecule has 1 unspecified atom stereocenters. The molecule has 4 heteroatoms. The van der Waals surface area contributed by atoms with E-state index >= 15 is 0 Å². The lowest BCUT2D eigenvalue weighted by Gasteiger charge is -2.17. The van der Waals surface area contributed by atoms with Crippen LogP contribution in [-0.2, 0) is 0 Å². The van der Waals surface area contributed by atoms with E-state index in [9.17, 15) is 4.39 Å². The van der Waals surface area contributed by atoms with Crippen molar-refractivity contribution in [3.8, 4) is 0 Å². The molecular weight excluding hydrogens is 175 g/mol. The topological polar surface area (TPSA) is 16.1 Å². The van der Waals surface area contributed by atoms with Crippen molar-refractivity contribution in [3.63, 3.8) is 0 Å². The molecule has 0 aromatic carbocycles. The number of rotatable bonds is 1. The van der Waals surface area contributed by atoms with Crippen molar-refractivity contribution in [1.82, 2.24) is 4.37 Å². The fraction of sp³-hybridized carbons (Fsp3) is 0.625. The molecule has 2 nitrogen and oxygen atoms in total. The van der Waals surface area contributed by atoms with Crippen LogP contribution in [0.15, 0.2) is 6.07 Å². The predicted molar refractivity (Wildman–Crippen MR) is 48.3 cm³/mol. The molecule has 0 spiro atoms. The Labute approximate surface area is 75.2 Å². The molecule has 2 rings (SSSR count). The van der Waals surface area contributed by atoms with Crippen LogP contribution in [0.5, 0.6) is 0 Å². The number of alkyl halides is 1. The average Bonchev–Trinajstić information content (AvgIpc) is 2.58. The summed E-state index contributed by atoms with van der Waals surface area (Å²) in [5, 5.41) is 0.970. The minimum atomic E-state index is -0.787. The van der Waals surface area contributed by atoms with Crippen LogP contribution in [0.3, 0.4) is 0 Å². The fourth-order valence-corrected chi connectivity index (χ4v) is 2.28. The van der Waals surface area contributed by atoms with Crippen LogP contribution in [0.1, 0.15) is 18.5 Å². The second-order valence-corrected chi connectivity index (χ2v) is 3.86. The number of aromatic nitrogens is 1. The smallest absolute Gasteiger partial charge is 0.173 e. The van der Waals surface area contributed by atoms with Gasteiger partial charge in [-0.1, -0.05) is 0 Å². The number of hydrogen-bond donors (Lipinski definition) is 0. The van der Waals surface area contributed by atoms with Crippen LogP contribution in [0.4, 0.5) is 9.39 Å². The fourth-order valence-electron chi connectivity index (χ4n) is 1.46. The van der Waals surface area contributed by atoms with Gasteiger partial charge in [-0.05, 0) is 37.4 Å². The second kappa shape index (κ2) is 3.01. The summed E-state index contributed by atoms with van der Waals surface area (Å²) in [7, 11) is 0. The standard InChI is InChI=1S/C8H11FN2S/c1-6-5-8(12-10-6)11-4-2-3-7(11)9/h5,7H,2-4H2,1H3. The molecule has 1 saturated heterocycles. The Morgan fingerprint density at radius 1 is 1.75 bits per heavy atom. The molecule has 1 aliphatic rings. The van der Waals surface area contributed by atoms with Crippen molar-refractivity contribution in [3.05, 3.63) is 11.8 Å². The highest BCUT2D eigenvalue weighted by atomic mass is 32.1. The predicted octanol–water partition coefficient (Wildman–Crippen LogP) is 2.35. The van der Waals surface area contributed by atoms with Crippen molar-refractivity contribution in [2.24, 2.45) is 0 Å². The Morgan fingerprint density at radius 2 is 2.58 bits per heavy atom. The molecule has 12 heavy (non-hydrogen) atoms. The molecule has 1 fully saturated rings. The van der Waals surface area contributed by atoms with Crippen LogP contribution in [0.25, 0.3) is 0 Å². The lowest BCUT2D eigenvalue weighted by Crippen LogP contribution is -2.23. The molecule has 1 aromatic heterocycles. The minimum Gasteiger partial charge on any atom is -0.332 e. The van der Waals surface area contributed by atoms with Gasteiger partial charge in [-0.2, -0.15) is 4.37 Å². The SMILES string of the molecule is Cc1cc(N2CCCC2F)sn1. The van der Waals surface area contributed by atoms with Crippen LogP contribution < -0.4 is 4.90 Å². The number of nitrogens with zero attached hydrogens (tertiary/aromatic N) is 2. The second-order valence-electron chi connectivity index (χ2n) is 3.08. The van der Waals surface area contributed by atoms with Gasteiger partial charge >= 0.3 is 0 Å². The lowest BCUT2D eigenvalue weighted by molar-refractivity contribution is 0.346. The number of hydrogen-bond acceptors (Lipinski definition) is 3. The largest absolute Gasteiger partial charge is 0.332 e. The Kier molecular flexibility index (Phi) is 2.00. The molecule has 0 bridgehead atoms. The summed E-state index contributed by atoms with van der Waals surface area (Å²) in [5.74, 6) is 0. The van der Waals surface area contributed by atoms with Crippen LogP contribution in [0, 0.1) is 6.92 Å². The van der Waals surface area contributed by atoms with Gasteiger partial charge in [0, 0.05) is 6.54 Å². The molecule has 1 aliphatic heterocycles.